The molecule has 2 aromatic rings. The summed E-state index contributed by atoms with van der Waals surface area (Å²) < 4.78 is 5.22. The van der Waals surface area contributed by atoms with Crippen molar-refractivity contribution >= 4 is 5.95 Å². The molecule has 1 aromatic heterocycles. The Morgan fingerprint density at radius 3 is 2.55 bits per heavy atom. The lowest BCUT2D eigenvalue weighted by Crippen LogP contribution is -2.29. The van der Waals surface area contributed by atoms with Gasteiger partial charge in [-0.15, -0.1) is 0 Å². The van der Waals surface area contributed by atoms with Crippen LogP contribution in [0, 0.1) is 5.41 Å². The van der Waals surface area contributed by atoms with Crippen molar-refractivity contribution in [3.8, 4) is 11.5 Å². The summed E-state index contributed by atoms with van der Waals surface area (Å²) in [5, 5.41) is 16.4. The van der Waals surface area contributed by atoms with Crippen molar-refractivity contribution < 1.29 is 9.63 Å². The van der Waals surface area contributed by atoms with E-state index in [0.717, 1.165) is 12.0 Å². The number of nitrogens with zero attached hydrogens (tertiary/aromatic N) is 2. The summed E-state index contributed by atoms with van der Waals surface area (Å²) in [6.07, 6.45) is 0.818. The summed E-state index contributed by atoms with van der Waals surface area (Å²) in [5.74, 6) is 0.882. The lowest BCUT2D eigenvalue weighted by Gasteiger charge is -2.24. The molecule has 5 heteroatoms. The fourth-order valence-electron chi connectivity index (χ4n) is 2.06. The van der Waals surface area contributed by atoms with Crippen LogP contribution in [0.3, 0.4) is 0 Å². The van der Waals surface area contributed by atoms with Gasteiger partial charge < -0.3 is 14.9 Å². The predicted molar refractivity (Wildman–Crippen MR) is 78.3 cm³/mol. The van der Waals surface area contributed by atoms with Crippen molar-refractivity contribution in [2.75, 3.05) is 11.9 Å². The number of rotatable bonds is 5. The Morgan fingerprint density at radius 2 is 1.95 bits per heavy atom. The topological polar surface area (TPSA) is 71.2 Å². The minimum atomic E-state index is -0.0868. The molecule has 0 aliphatic heterocycles. The zero-order valence-corrected chi connectivity index (χ0v) is 12.1. The van der Waals surface area contributed by atoms with Gasteiger partial charge in [0.15, 0.2) is 0 Å². The summed E-state index contributed by atoms with van der Waals surface area (Å²) >= 11 is 0. The van der Waals surface area contributed by atoms with Gasteiger partial charge in [0.1, 0.15) is 0 Å². The highest BCUT2D eigenvalue weighted by Crippen LogP contribution is 2.23. The van der Waals surface area contributed by atoms with Crippen molar-refractivity contribution in [3.63, 3.8) is 0 Å². The van der Waals surface area contributed by atoms with Crippen molar-refractivity contribution in [2.45, 2.75) is 33.2 Å². The van der Waals surface area contributed by atoms with Gasteiger partial charge in [0.2, 0.25) is 0 Å². The highest BCUT2D eigenvalue weighted by atomic mass is 16.5. The van der Waals surface area contributed by atoms with E-state index >= 15 is 0 Å². The van der Waals surface area contributed by atoms with Gasteiger partial charge in [-0.25, -0.2) is 0 Å². The summed E-state index contributed by atoms with van der Waals surface area (Å²) in [5.41, 5.74) is 0.997. The largest absolute Gasteiger partial charge is 0.394 e. The minimum Gasteiger partial charge on any atom is -0.394 e. The Kier molecular flexibility index (Phi) is 4.39. The van der Waals surface area contributed by atoms with Crippen LogP contribution in [-0.2, 0) is 0 Å². The first-order valence-electron chi connectivity index (χ1n) is 6.74. The average Bonchev–Trinajstić information content (AvgIpc) is 2.86. The number of anilines is 1. The number of aliphatic hydroxyl groups excluding tert-OH is 1. The van der Waals surface area contributed by atoms with Crippen LogP contribution < -0.4 is 5.32 Å². The molecule has 2 N–H and O–H groups in total. The summed E-state index contributed by atoms with van der Waals surface area (Å²) in [4.78, 5) is 4.30. The van der Waals surface area contributed by atoms with Gasteiger partial charge in [0.05, 0.1) is 12.6 Å². The summed E-state index contributed by atoms with van der Waals surface area (Å²) in [6, 6.07) is 9.51. The first-order chi connectivity index (χ1) is 9.48. The molecular formula is C15H21N3O2. The fraction of sp³-hybridized carbons (Fsp3) is 0.467. The molecule has 1 heterocycles. The van der Waals surface area contributed by atoms with Gasteiger partial charge in [0.25, 0.3) is 11.8 Å². The number of nitrogens with one attached hydrogen (secondary N) is 1. The lowest BCUT2D eigenvalue weighted by atomic mass is 9.88. The van der Waals surface area contributed by atoms with Crippen LogP contribution in [0.2, 0.25) is 0 Å². The summed E-state index contributed by atoms with van der Waals surface area (Å²) in [7, 11) is 0. The third kappa shape index (κ3) is 4.06. The monoisotopic (exact) mass is 275 g/mol. The van der Waals surface area contributed by atoms with Crippen molar-refractivity contribution in [2.24, 2.45) is 5.41 Å². The van der Waals surface area contributed by atoms with Crippen LogP contribution in [0.5, 0.6) is 0 Å². The maximum atomic E-state index is 9.43. The van der Waals surface area contributed by atoms with E-state index in [-0.39, 0.29) is 18.1 Å². The Morgan fingerprint density at radius 1 is 1.25 bits per heavy atom. The van der Waals surface area contributed by atoms with E-state index in [4.69, 9.17) is 4.52 Å². The van der Waals surface area contributed by atoms with E-state index in [1.807, 2.05) is 30.3 Å². The van der Waals surface area contributed by atoms with Crippen LogP contribution in [0.25, 0.3) is 11.5 Å². The van der Waals surface area contributed by atoms with Gasteiger partial charge in [-0.05, 0) is 29.1 Å². The molecule has 20 heavy (non-hydrogen) atoms. The molecule has 0 aliphatic carbocycles. The predicted octanol–water partition coefficient (Wildman–Crippen LogP) is 2.95. The van der Waals surface area contributed by atoms with Crippen LogP contribution in [0.4, 0.5) is 5.95 Å². The SMILES string of the molecule is CC(C)(C)C[C@H](CO)Nc1noc(-c2ccccc2)n1. The van der Waals surface area contributed by atoms with Crippen molar-refractivity contribution in [1.29, 1.82) is 0 Å². The van der Waals surface area contributed by atoms with E-state index in [1.165, 1.54) is 0 Å². The maximum absolute atomic E-state index is 9.43. The zero-order valence-electron chi connectivity index (χ0n) is 12.1. The highest BCUT2D eigenvalue weighted by Gasteiger charge is 2.20. The Labute approximate surface area is 119 Å². The number of hydrogen-bond acceptors (Lipinski definition) is 5. The van der Waals surface area contributed by atoms with Crippen LogP contribution in [0.15, 0.2) is 34.9 Å². The second-order valence-electron chi connectivity index (χ2n) is 6.08. The molecule has 0 radical (unpaired) electrons. The third-order valence-electron chi connectivity index (χ3n) is 2.86. The van der Waals surface area contributed by atoms with Gasteiger partial charge in [-0.3, -0.25) is 0 Å². The molecular weight excluding hydrogens is 254 g/mol. The average molecular weight is 275 g/mol. The van der Waals surface area contributed by atoms with E-state index < -0.39 is 0 Å². The molecule has 5 nitrogen and oxygen atoms in total. The van der Waals surface area contributed by atoms with E-state index in [9.17, 15) is 5.11 Å². The molecule has 0 spiro atoms. The van der Waals surface area contributed by atoms with Gasteiger partial charge in [-0.1, -0.05) is 39.0 Å². The molecule has 0 fully saturated rings. The molecule has 0 aliphatic rings. The Bertz CT molecular complexity index is 532. The molecule has 0 amide bonds. The standard InChI is InChI=1S/C15H21N3O2/c1-15(2,3)9-12(10-19)16-14-17-13(20-18-14)11-7-5-4-6-8-11/h4-8,12,19H,9-10H2,1-3H3,(H,16,18)/t12-/m1/s1. The van der Waals surface area contributed by atoms with Crippen molar-refractivity contribution in [3.05, 3.63) is 30.3 Å². The first kappa shape index (κ1) is 14.5. The van der Waals surface area contributed by atoms with Gasteiger partial charge in [0, 0.05) is 5.56 Å². The maximum Gasteiger partial charge on any atom is 0.264 e. The second-order valence-corrected chi connectivity index (χ2v) is 6.08. The molecule has 108 valence electrons. The highest BCUT2D eigenvalue weighted by molar-refractivity contribution is 5.53. The number of hydrogen-bond donors (Lipinski definition) is 2. The van der Waals surface area contributed by atoms with Crippen LogP contribution in [0.1, 0.15) is 27.2 Å². The molecule has 2 rings (SSSR count). The Balaban J connectivity index is 2.05. The second kappa shape index (κ2) is 6.05. The van der Waals surface area contributed by atoms with Crippen LogP contribution >= 0.6 is 0 Å². The number of aliphatic hydroxyl groups is 1. The molecule has 0 saturated heterocycles. The normalized spacial score (nSPS) is 13.2. The minimum absolute atomic E-state index is 0.0342. The van der Waals surface area contributed by atoms with E-state index in [2.05, 4.69) is 36.2 Å². The molecule has 1 atom stereocenters. The molecule has 1 aromatic carbocycles. The number of aromatic nitrogens is 2. The molecule has 0 saturated carbocycles. The number of benzene rings is 1. The van der Waals surface area contributed by atoms with Gasteiger partial charge >= 0.3 is 0 Å². The molecule has 0 bridgehead atoms. The lowest BCUT2D eigenvalue weighted by molar-refractivity contribution is 0.233. The summed E-state index contributed by atoms with van der Waals surface area (Å²) in [6.45, 7) is 6.42. The molecule has 0 unspecified atom stereocenters. The Hall–Kier alpha value is -1.88. The van der Waals surface area contributed by atoms with Crippen LogP contribution in [-0.4, -0.2) is 27.9 Å². The van der Waals surface area contributed by atoms with E-state index in [0.29, 0.717) is 11.8 Å². The quantitative estimate of drug-likeness (QED) is 0.877. The van der Waals surface area contributed by atoms with Crippen molar-refractivity contribution in [1.82, 2.24) is 10.1 Å². The third-order valence-corrected chi connectivity index (χ3v) is 2.86. The fourth-order valence-corrected chi connectivity index (χ4v) is 2.06. The van der Waals surface area contributed by atoms with E-state index in [1.54, 1.807) is 0 Å². The first-order valence-corrected chi connectivity index (χ1v) is 6.74. The smallest absolute Gasteiger partial charge is 0.264 e. The zero-order chi connectivity index (χ0) is 14.6. The van der Waals surface area contributed by atoms with Gasteiger partial charge in [-0.2, -0.15) is 4.98 Å².